The van der Waals surface area contributed by atoms with E-state index < -0.39 is 0 Å². The second-order valence-corrected chi connectivity index (χ2v) is 5.30. The van der Waals surface area contributed by atoms with Crippen LogP contribution in [0.15, 0.2) is 29.3 Å². The predicted octanol–water partition coefficient (Wildman–Crippen LogP) is 2.92. The smallest absolute Gasteiger partial charge is 0.188 e. The molecule has 3 N–H and O–H groups in total. The molecular weight excluding hydrogens is 372 g/mol. The van der Waals surface area contributed by atoms with Gasteiger partial charge in [0, 0.05) is 18.5 Å². The highest BCUT2D eigenvalue weighted by Crippen LogP contribution is 2.11. The molecule has 0 unspecified atom stereocenters. The molecule has 0 aliphatic rings. The van der Waals surface area contributed by atoms with E-state index in [0.29, 0.717) is 24.9 Å². The van der Waals surface area contributed by atoms with Gasteiger partial charge >= 0.3 is 0 Å². The number of hydrogen-bond donors (Lipinski definition) is 2. The third-order valence-corrected chi connectivity index (χ3v) is 2.17. The summed E-state index contributed by atoms with van der Waals surface area (Å²) < 4.78 is 18.1. The normalized spacial score (nSPS) is 11.7. The molecule has 1 rings (SSSR count). The zero-order chi connectivity index (χ0) is 14.3. The van der Waals surface area contributed by atoms with Crippen molar-refractivity contribution >= 4 is 29.9 Å². The van der Waals surface area contributed by atoms with Gasteiger partial charge in [0.05, 0.1) is 6.61 Å². The van der Waals surface area contributed by atoms with E-state index in [2.05, 4.69) is 10.3 Å². The van der Waals surface area contributed by atoms with Gasteiger partial charge < -0.3 is 15.8 Å². The number of guanidine groups is 1. The van der Waals surface area contributed by atoms with Crippen molar-refractivity contribution in [2.45, 2.75) is 32.7 Å². The Kier molecular flexibility index (Phi) is 8.52. The van der Waals surface area contributed by atoms with Crippen molar-refractivity contribution in [2.75, 3.05) is 13.2 Å². The molecule has 0 atom stereocenters. The molecule has 0 heterocycles. The number of ether oxygens (including phenoxy) is 1. The Labute approximate surface area is 137 Å². The van der Waals surface area contributed by atoms with Gasteiger partial charge in [0.2, 0.25) is 0 Å². The number of nitrogens with two attached hydrogens (primary N) is 1. The Hall–Kier alpha value is -1.05. The maximum Gasteiger partial charge on any atom is 0.188 e. The van der Waals surface area contributed by atoms with Crippen molar-refractivity contribution in [3.05, 3.63) is 30.1 Å². The second-order valence-electron chi connectivity index (χ2n) is 5.30. The highest BCUT2D eigenvalue weighted by molar-refractivity contribution is 14.0. The number of halogens is 2. The topological polar surface area (TPSA) is 59.6 Å². The molecule has 1 aromatic carbocycles. The fourth-order valence-corrected chi connectivity index (χ4v) is 1.41. The van der Waals surface area contributed by atoms with Crippen molar-refractivity contribution < 1.29 is 9.13 Å². The van der Waals surface area contributed by atoms with Gasteiger partial charge in [0.1, 0.15) is 11.6 Å². The quantitative estimate of drug-likeness (QED) is 0.349. The third kappa shape index (κ3) is 8.95. The monoisotopic (exact) mass is 395 g/mol. The van der Waals surface area contributed by atoms with Crippen molar-refractivity contribution in [3.63, 3.8) is 0 Å². The summed E-state index contributed by atoms with van der Waals surface area (Å²) in [6.45, 7) is 7.18. The molecule has 0 aliphatic carbocycles. The lowest BCUT2D eigenvalue weighted by molar-refractivity contribution is 0.313. The number of benzene rings is 1. The Morgan fingerprint density at radius 1 is 1.30 bits per heavy atom. The van der Waals surface area contributed by atoms with Crippen molar-refractivity contribution in [2.24, 2.45) is 10.7 Å². The van der Waals surface area contributed by atoms with Crippen molar-refractivity contribution in [3.8, 4) is 5.75 Å². The van der Waals surface area contributed by atoms with Crippen LogP contribution in [0.1, 0.15) is 27.2 Å². The van der Waals surface area contributed by atoms with Gasteiger partial charge in [-0.15, -0.1) is 24.0 Å². The summed E-state index contributed by atoms with van der Waals surface area (Å²) in [7, 11) is 0. The lowest BCUT2D eigenvalue weighted by atomic mass is 10.1. The minimum atomic E-state index is -0.266. The predicted molar refractivity (Wildman–Crippen MR) is 91.3 cm³/mol. The summed E-state index contributed by atoms with van der Waals surface area (Å²) in [6.07, 6.45) is 0.754. The molecule has 0 saturated carbocycles. The Balaban J connectivity index is 0.00000361. The molecular formula is C14H23FIN3O. The molecule has 0 bridgehead atoms. The molecule has 114 valence electrons. The maximum atomic E-state index is 12.7. The molecule has 4 nitrogen and oxygen atoms in total. The number of rotatable bonds is 5. The Bertz CT molecular complexity index is 415. The van der Waals surface area contributed by atoms with Crippen LogP contribution < -0.4 is 15.8 Å². The molecule has 0 radical (unpaired) electrons. The Morgan fingerprint density at radius 2 is 1.90 bits per heavy atom. The van der Waals surface area contributed by atoms with E-state index in [0.717, 1.165) is 6.42 Å². The summed E-state index contributed by atoms with van der Waals surface area (Å²) in [5.74, 6) is 0.832. The van der Waals surface area contributed by atoms with Gasteiger partial charge in [-0.25, -0.2) is 4.39 Å². The van der Waals surface area contributed by atoms with Gasteiger partial charge in [0.15, 0.2) is 5.96 Å². The largest absolute Gasteiger partial charge is 0.494 e. The fraction of sp³-hybridized carbons (Fsp3) is 0.500. The van der Waals surface area contributed by atoms with E-state index in [4.69, 9.17) is 10.5 Å². The summed E-state index contributed by atoms with van der Waals surface area (Å²) >= 11 is 0. The first-order chi connectivity index (χ1) is 8.87. The van der Waals surface area contributed by atoms with E-state index in [9.17, 15) is 4.39 Å². The lowest BCUT2D eigenvalue weighted by Gasteiger charge is -2.20. The van der Waals surface area contributed by atoms with Gasteiger partial charge in [-0.3, -0.25) is 4.99 Å². The van der Waals surface area contributed by atoms with Crippen LogP contribution >= 0.6 is 24.0 Å². The maximum absolute atomic E-state index is 12.7. The highest BCUT2D eigenvalue weighted by Gasteiger charge is 2.09. The summed E-state index contributed by atoms with van der Waals surface area (Å²) in [5, 5.41) is 3.08. The third-order valence-electron chi connectivity index (χ3n) is 2.17. The average Bonchev–Trinajstić information content (AvgIpc) is 2.29. The molecule has 0 aromatic heterocycles. The zero-order valence-corrected chi connectivity index (χ0v) is 14.5. The van der Waals surface area contributed by atoms with E-state index in [1.807, 2.05) is 20.8 Å². The molecule has 0 aliphatic heterocycles. The summed E-state index contributed by atoms with van der Waals surface area (Å²) in [4.78, 5) is 4.20. The summed E-state index contributed by atoms with van der Waals surface area (Å²) in [5.41, 5.74) is 5.64. The van der Waals surface area contributed by atoms with Crippen LogP contribution in [-0.4, -0.2) is 24.7 Å². The minimum absolute atomic E-state index is 0. The number of hydrogen-bond acceptors (Lipinski definition) is 2. The van der Waals surface area contributed by atoms with Crippen molar-refractivity contribution in [1.82, 2.24) is 5.32 Å². The highest BCUT2D eigenvalue weighted by atomic mass is 127. The first-order valence-corrected chi connectivity index (χ1v) is 6.33. The molecule has 0 saturated heterocycles. The van der Waals surface area contributed by atoms with Crippen LogP contribution in [0.25, 0.3) is 0 Å². The van der Waals surface area contributed by atoms with E-state index >= 15 is 0 Å². The SMILES string of the molecule is CC(C)(C)NC(N)=NCCCOc1ccc(F)cc1.I. The summed E-state index contributed by atoms with van der Waals surface area (Å²) in [6, 6.07) is 5.96. The fourth-order valence-electron chi connectivity index (χ4n) is 1.41. The van der Waals surface area contributed by atoms with Crippen LogP contribution in [0.5, 0.6) is 5.75 Å². The molecule has 1 aromatic rings. The van der Waals surface area contributed by atoms with Crippen molar-refractivity contribution in [1.29, 1.82) is 0 Å². The molecule has 20 heavy (non-hydrogen) atoms. The number of aliphatic imine (C=N–C) groups is 1. The van der Waals surface area contributed by atoms with Gasteiger partial charge in [-0.05, 0) is 45.0 Å². The van der Waals surface area contributed by atoms with Gasteiger partial charge in [-0.1, -0.05) is 0 Å². The van der Waals surface area contributed by atoms with Gasteiger partial charge in [-0.2, -0.15) is 0 Å². The molecule has 6 heteroatoms. The molecule has 0 spiro atoms. The number of nitrogens with zero attached hydrogens (tertiary/aromatic N) is 1. The lowest BCUT2D eigenvalue weighted by Crippen LogP contribution is -2.45. The first kappa shape index (κ1) is 18.9. The average molecular weight is 395 g/mol. The van der Waals surface area contributed by atoms with E-state index in [-0.39, 0.29) is 35.3 Å². The van der Waals surface area contributed by atoms with Crippen LogP contribution in [0.4, 0.5) is 4.39 Å². The molecule has 0 amide bonds. The second kappa shape index (κ2) is 8.99. The molecule has 0 fully saturated rings. The van der Waals surface area contributed by atoms with E-state index in [1.54, 1.807) is 12.1 Å². The first-order valence-electron chi connectivity index (χ1n) is 6.33. The van der Waals surface area contributed by atoms with Crippen LogP contribution in [0.3, 0.4) is 0 Å². The van der Waals surface area contributed by atoms with Crippen LogP contribution in [0.2, 0.25) is 0 Å². The Morgan fingerprint density at radius 3 is 2.45 bits per heavy atom. The van der Waals surface area contributed by atoms with Crippen LogP contribution in [-0.2, 0) is 0 Å². The van der Waals surface area contributed by atoms with Crippen LogP contribution in [0, 0.1) is 5.82 Å². The van der Waals surface area contributed by atoms with E-state index in [1.165, 1.54) is 12.1 Å². The zero-order valence-electron chi connectivity index (χ0n) is 12.1. The number of nitrogens with one attached hydrogen (secondary N) is 1. The van der Waals surface area contributed by atoms with Gasteiger partial charge in [0.25, 0.3) is 0 Å². The minimum Gasteiger partial charge on any atom is -0.494 e. The standard InChI is InChI=1S/C14H22FN3O.HI/c1-14(2,3)18-13(16)17-9-4-10-19-12-7-5-11(15)6-8-12;/h5-8H,4,9-10H2,1-3H3,(H3,16,17,18);1H.